The molecule has 4 heteroatoms. The highest BCUT2D eigenvalue weighted by Gasteiger charge is 1.96. The van der Waals surface area contributed by atoms with Crippen LogP contribution in [-0.4, -0.2) is 19.3 Å². The van der Waals surface area contributed by atoms with Crippen LogP contribution in [0.15, 0.2) is 29.2 Å². The van der Waals surface area contributed by atoms with Crippen molar-refractivity contribution in [2.24, 2.45) is 16.5 Å². The summed E-state index contributed by atoms with van der Waals surface area (Å²) in [7, 11) is 0. The van der Waals surface area contributed by atoms with Crippen LogP contribution in [0.1, 0.15) is 19.8 Å². The molecule has 80 valence electrons. The van der Waals surface area contributed by atoms with Crippen molar-refractivity contribution in [1.82, 2.24) is 5.32 Å². The number of unbranched alkanes of at least 4 members (excludes halogenated alkanes) is 1. The van der Waals surface area contributed by atoms with Crippen LogP contribution >= 0.6 is 0 Å². The molecule has 0 spiro atoms. The minimum absolute atomic E-state index is 0.468. The Kier molecular flexibility index (Phi) is 7.55. The topological polar surface area (TPSA) is 76.4 Å². The highest BCUT2D eigenvalue weighted by atomic mass is 15.0. The molecule has 0 aromatic carbocycles. The predicted octanol–water partition coefficient (Wildman–Crippen LogP) is 0.719. The summed E-state index contributed by atoms with van der Waals surface area (Å²) in [4.78, 5) is 3.97. The summed E-state index contributed by atoms with van der Waals surface area (Å²) in [5.41, 5.74) is 11.8. The van der Waals surface area contributed by atoms with Gasteiger partial charge in [0.1, 0.15) is 5.82 Å². The summed E-state index contributed by atoms with van der Waals surface area (Å²) in [6.45, 7) is 7.05. The second-order valence-corrected chi connectivity index (χ2v) is 2.81. The number of rotatable bonds is 7. The average Bonchev–Trinajstić information content (AvgIpc) is 2.18. The molecule has 0 rings (SSSR count). The Balaban J connectivity index is 4.02. The fourth-order valence-electron chi connectivity index (χ4n) is 0.968. The van der Waals surface area contributed by atoms with Gasteiger partial charge in [-0.3, -0.25) is 0 Å². The third kappa shape index (κ3) is 5.37. The second-order valence-electron chi connectivity index (χ2n) is 2.81. The lowest BCUT2D eigenvalue weighted by molar-refractivity contribution is 0.687. The van der Waals surface area contributed by atoms with Gasteiger partial charge in [-0.05, 0) is 32.4 Å². The van der Waals surface area contributed by atoms with E-state index in [0.29, 0.717) is 5.82 Å². The molecule has 0 aliphatic rings. The van der Waals surface area contributed by atoms with E-state index in [-0.39, 0.29) is 0 Å². The molecule has 0 aromatic rings. The zero-order valence-corrected chi connectivity index (χ0v) is 8.79. The van der Waals surface area contributed by atoms with Gasteiger partial charge in [-0.15, -0.1) is 0 Å². The van der Waals surface area contributed by atoms with Crippen LogP contribution in [-0.2, 0) is 0 Å². The van der Waals surface area contributed by atoms with Gasteiger partial charge in [0.15, 0.2) is 0 Å². The molecule has 0 heterocycles. The quantitative estimate of drug-likeness (QED) is 0.319. The van der Waals surface area contributed by atoms with Gasteiger partial charge in [-0.1, -0.05) is 6.58 Å². The number of allylic oxidation sites excluding steroid dienone is 1. The molecule has 0 unspecified atom stereocenters. The molecule has 0 bridgehead atoms. The van der Waals surface area contributed by atoms with Crippen LogP contribution in [0.2, 0.25) is 0 Å². The smallest absolute Gasteiger partial charge is 0.146 e. The number of hydrogen-bond acceptors (Lipinski definition) is 4. The van der Waals surface area contributed by atoms with E-state index < -0.39 is 0 Å². The van der Waals surface area contributed by atoms with Gasteiger partial charge in [0.25, 0.3) is 0 Å². The molecule has 4 nitrogen and oxygen atoms in total. The molecular formula is C10H20N4. The van der Waals surface area contributed by atoms with Gasteiger partial charge in [-0.25, -0.2) is 4.99 Å². The molecule has 0 radical (unpaired) electrons. The number of nitrogens with zero attached hydrogens (tertiary/aromatic N) is 1. The van der Waals surface area contributed by atoms with Gasteiger partial charge in [0, 0.05) is 12.8 Å². The summed E-state index contributed by atoms with van der Waals surface area (Å²) in [5.74, 6) is 0.468. The van der Waals surface area contributed by atoms with Gasteiger partial charge < -0.3 is 16.8 Å². The van der Waals surface area contributed by atoms with Gasteiger partial charge >= 0.3 is 0 Å². The first-order valence-electron chi connectivity index (χ1n) is 4.81. The molecule has 0 fully saturated rings. The molecule has 0 aliphatic heterocycles. The summed E-state index contributed by atoms with van der Waals surface area (Å²) in [6, 6.07) is 0. The maximum absolute atomic E-state index is 5.68. The van der Waals surface area contributed by atoms with Crippen LogP contribution in [0.25, 0.3) is 0 Å². The third-order valence-corrected chi connectivity index (χ3v) is 1.69. The van der Waals surface area contributed by atoms with Crippen LogP contribution in [0.4, 0.5) is 0 Å². The Morgan fingerprint density at radius 2 is 2.21 bits per heavy atom. The number of hydrogen-bond donors (Lipinski definition) is 3. The van der Waals surface area contributed by atoms with Crippen LogP contribution in [0, 0.1) is 0 Å². The Bertz CT molecular complexity index is 218. The zero-order chi connectivity index (χ0) is 10.8. The minimum atomic E-state index is 0.468. The number of aliphatic imine (C=N–C) groups is 1. The molecule has 0 saturated heterocycles. The van der Waals surface area contributed by atoms with Crippen LogP contribution < -0.4 is 16.8 Å². The summed E-state index contributed by atoms with van der Waals surface area (Å²) < 4.78 is 0. The van der Waals surface area contributed by atoms with Crippen molar-refractivity contribution in [1.29, 1.82) is 0 Å². The molecule has 0 aliphatic carbocycles. The van der Waals surface area contributed by atoms with E-state index >= 15 is 0 Å². The van der Waals surface area contributed by atoms with Crippen molar-refractivity contribution in [2.45, 2.75) is 19.8 Å². The van der Waals surface area contributed by atoms with Crippen molar-refractivity contribution in [3.63, 3.8) is 0 Å². The highest BCUT2D eigenvalue weighted by Crippen LogP contribution is 1.97. The normalized spacial score (nSPS) is 12.7. The first-order valence-corrected chi connectivity index (χ1v) is 4.81. The van der Waals surface area contributed by atoms with E-state index in [0.717, 1.165) is 31.6 Å². The zero-order valence-electron chi connectivity index (χ0n) is 8.79. The lowest BCUT2D eigenvalue weighted by atomic mass is 10.3. The average molecular weight is 196 g/mol. The fourth-order valence-corrected chi connectivity index (χ4v) is 0.968. The maximum Gasteiger partial charge on any atom is 0.146 e. The second kappa shape index (κ2) is 8.31. The Labute approximate surface area is 85.8 Å². The summed E-state index contributed by atoms with van der Waals surface area (Å²) in [6.07, 6.45) is 5.36. The third-order valence-electron chi connectivity index (χ3n) is 1.69. The molecule has 14 heavy (non-hydrogen) atoms. The van der Waals surface area contributed by atoms with Crippen molar-refractivity contribution in [3.8, 4) is 0 Å². The highest BCUT2D eigenvalue weighted by molar-refractivity contribution is 5.55. The van der Waals surface area contributed by atoms with E-state index in [1.165, 1.54) is 0 Å². The van der Waals surface area contributed by atoms with Gasteiger partial charge in [-0.2, -0.15) is 0 Å². The minimum Gasteiger partial charge on any atom is -0.382 e. The van der Waals surface area contributed by atoms with Crippen molar-refractivity contribution in [3.05, 3.63) is 24.2 Å². The maximum atomic E-state index is 5.68. The van der Waals surface area contributed by atoms with Crippen LogP contribution in [0.5, 0.6) is 0 Å². The van der Waals surface area contributed by atoms with E-state index in [4.69, 9.17) is 11.5 Å². The van der Waals surface area contributed by atoms with Crippen molar-refractivity contribution < 1.29 is 0 Å². The molecule has 0 aromatic heterocycles. The van der Waals surface area contributed by atoms with Gasteiger partial charge in [0.05, 0.1) is 5.70 Å². The lowest BCUT2D eigenvalue weighted by Gasteiger charge is -2.07. The SMILES string of the molecule is C=C/C(NCCCCN)=C(N)\N=C/C. The number of nitrogens with one attached hydrogen (secondary N) is 1. The van der Waals surface area contributed by atoms with E-state index in [1.807, 2.05) is 6.92 Å². The van der Waals surface area contributed by atoms with E-state index in [2.05, 4.69) is 16.9 Å². The van der Waals surface area contributed by atoms with E-state index in [1.54, 1.807) is 12.3 Å². The van der Waals surface area contributed by atoms with Crippen LogP contribution in [0.3, 0.4) is 0 Å². The summed E-state index contributed by atoms with van der Waals surface area (Å²) in [5, 5.41) is 3.16. The lowest BCUT2D eigenvalue weighted by Crippen LogP contribution is -2.18. The first-order chi connectivity index (χ1) is 6.76. The molecule has 0 atom stereocenters. The van der Waals surface area contributed by atoms with E-state index in [9.17, 15) is 0 Å². The standard InChI is InChI=1S/C10H20N4/c1-3-9(10(12)13-4-2)14-8-6-5-7-11/h3-4,14H,1,5-8,11-12H2,2H3/b10-9+,13-4-. The first kappa shape index (κ1) is 12.7. The van der Waals surface area contributed by atoms with Gasteiger partial charge in [0.2, 0.25) is 0 Å². The Hall–Kier alpha value is -1.29. The monoisotopic (exact) mass is 196 g/mol. The molecule has 0 saturated carbocycles. The predicted molar refractivity (Wildman–Crippen MR) is 61.9 cm³/mol. The largest absolute Gasteiger partial charge is 0.382 e. The van der Waals surface area contributed by atoms with Crippen molar-refractivity contribution >= 4 is 6.21 Å². The number of nitrogens with two attached hydrogens (primary N) is 2. The molecule has 0 amide bonds. The Morgan fingerprint density at radius 1 is 1.50 bits per heavy atom. The molecule has 5 N–H and O–H groups in total. The fraction of sp³-hybridized carbons (Fsp3) is 0.500. The Morgan fingerprint density at radius 3 is 2.71 bits per heavy atom. The molecular weight excluding hydrogens is 176 g/mol. The van der Waals surface area contributed by atoms with Crippen molar-refractivity contribution in [2.75, 3.05) is 13.1 Å². The summed E-state index contributed by atoms with van der Waals surface area (Å²) >= 11 is 0.